The summed E-state index contributed by atoms with van der Waals surface area (Å²) in [5.41, 5.74) is -0.487. The van der Waals surface area contributed by atoms with Crippen LogP contribution in [-0.2, 0) is 4.74 Å². The van der Waals surface area contributed by atoms with E-state index in [1.807, 2.05) is 20.8 Å². The topological polar surface area (TPSA) is 38.8 Å². The van der Waals surface area contributed by atoms with Crippen molar-refractivity contribution in [3.63, 3.8) is 0 Å². The van der Waals surface area contributed by atoms with E-state index in [2.05, 4.69) is 15.9 Å². The van der Waals surface area contributed by atoms with Crippen LogP contribution in [0.4, 0.5) is 9.18 Å². The van der Waals surface area contributed by atoms with Gasteiger partial charge in [-0.15, -0.1) is 0 Å². The molecule has 0 radical (unpaired) electrons. The average molecular weight is 360 g/mol. The Hall–Kier alpha value is -1.30. The molecule has 0 saturated carbocycles. The zero-order valence-corrected chi connectivity index (χ0v) is 13.9. The number of benzene rings is 1. The normalized spacial score (nSPS) is 15.6. The lowest BCUT2D eigenvalue weighted by Crippen LogP contribution is -2.53. The number of ether oxygens (including phenoxy) is 2. The lowest BCUT2D eigenvalue weighted by molar-refractivity contribution is -0.00805. The maximum absolute atomic E-state index is 13.6. The molecule has 0 aromatic heterocycles. The second kappa shape index (κ2) is 6.22. The predicted molar refractivity (Wildman–Crippen MR) is 80.9 cm³/mol. The number of likely N-dealkylation sites (tertiary alicyclic amines) is 1. The second-order valence-electron chi connectivity index (χ2n) is 6.14. The van der Waals surface area contributed by atoms with Gasteiger partial charge in [-0.3, -0.25) is 0 Å². The van der Waals surface area contributed by atoms with Crippen LogP contribution in [0.1, 0.15) is 20.8 Å². The van der Waals surface area contributed by atoms with Crippen LogP contribution in [0.25, 0.3) is 0 Å². The molecule has 6 heteroatoms. The van der Waals surface area contributed by atoms with Gasteiger partial charge in [-0.05, 0) is 39.0 Å². The standard InChI is InChI=1S/C15H19BrFNO3/c1-15(2,3)21-14(19)18-7-10(8-18)9-20-13-5-4-11(16)6-12(13)17/h4-6,10H,7-9H2,1-3H3. The highest BCUT2D eigenvalue weighted by Gasteiger charge is 2.34. The third-order valence-corrected chi connectivity index (χ3v) is 3.47. The van der Waals surface area contributed by atoms with Gasteiger partial charge in [0, 0.05) is 23.5 Å². The minimum atomic E-state index is -0.487. The molecular formula is C15H19BrFNO3. The summed E-state index contributed by atoms with van der Waals surface area (Å²) in [6.45, 7) is 7.04. The van der Waals surface area contributed by atoms with Gasteiger partial charge in [0.2, 0.25) is 0 Å². The number of halogens is 2. The van der Waals surface area contributed by atoms with Crippen LogP contribution in [0.5, 0.6) is 5.75 Å². The van der Waals surface area contributed by atoms with Gasteiger partial charge in [-0.2, -0.15) is 0 Å². The van der Waals surface area contributed by atoms with E-state index < -0.39 is 11.4 Å². The van der Waals surface area contributed by atoms with Crippen molar-refractivity contribution in [3.05, 3.63) is 28.5 Å². The summed E-state index contributed by atoms with van der Waals surface area (Å²) in [4.78, 5) is 13.4. The van der Waals surface area contributed by atoms with Gasteiger partial charge >= 0.3 is 6.09 Å². The maximum atomic E-state index is 13.6. The first-order valence-corrected chi connectivity index (χ1v) is 7.59. The number of amides is 1. The third kappa shape index (κ3) is 4.59. The predicted octanol–water partition coefficient (Wildman–Crippen LogP) is 3.83. The van der Waals surface area contributed by atoms with Crippen molar-refractivity contribution in [1.29, 1.82) is 0 Å². The Bertz CT molecular complexity index is 524. The molecule has 1 fully saturated rings. The zero-order valence-electron chi connectivity index (χ0n) is 12.4. The molecule has 1 aliphatic heterocycles. The molecule has 4 nitrogen and oxygen atoms in total. The number of rotatable bonds is 3. The minimum absolute atomic E-state index is 0.209. The first-order chi connectivity index (χ1) is 9.74. The van der Waals surface area contributed by atoms with Crippen LogP contribution in [0.3, 0.4) is 0 Å². The average Bonchev–Trinajstić information content (AvgIpc) is 2.27. The van der Waals surface area contributed by atoms with E-state index in [9.17, 15) is 9.18 Å². The Kier molecular flexibility index (Phi) is 4.76. The van der Waals surface area contributed by atoms with E-state index in [-0.39, 0.29) is 17.8 Å². The molecular weight excluding hydrogens is 341 g/mol. The summed E-state index contributed by atoms with van der Waals surface area (Å²) >= 11 is 3.20. The van der Waals surface area contributed by atoms with Gasteiger partial charge < -0.3 is 14.4 Å². The Labute approximate surface area is 132 Å². The molecule has 1 aromatic rings. The molecule has 21 heavy (non-hydrogen) atoms. The SMILES string of the molecule is CC(C)(C)OC(=O)N1CC(COc2ccc(Br)cc2F)C1. The van der Waals surface area contributed by atoms with E-state index in [0.29, 0.717) is 24.2 Å². The van der Waals surface area contributed by atoms with Gasteiger partial charge in [-0.25, -0.2) is 9.18 Å². The number of hydrogen-bond acceptors (Lipinski definition) is 3. The molecule has 0 aliphatic carbocycles. The van der Waals surface area contributed by atoms with Gasteiger partial charge in [0.05, 0.1) is 6.61 Å². The number of carbonyl (C=O) groups excluding carboxylic acids is 1. The fraction of sp³-hybridized carbons (Fsp3) is 0.533. The first kappa shape index (κ1) is 16.1. The Morgan fingerprint density at radius 3 is 2.67 bits per heavy atom. The molecule has 1 aliphatic rings. The molecule has 0 N–H and O–H groups in total. The van der Waals surface area contributed by atoms with Crippen molar-refractivity contribution >= 4 is 22.0 Å². The molecule has 2 rings (SSSR count). The Morgan fingerprint density at radius 2 is 2.10 bits per heavy atom. The largest absolute Gasteiger partial charge is 0.490 e. The zero-order chi connectivity index (χ0) is 15.6. The Morgan fingerprint density at radius 1 is 1.43 bits per heavy atom. The summed E-state index contributed by atoms with van der Waals surface area (Å²) in [5, 5.41) is 0. The molecule has 1 amide bonds. The molecule has 0 unspecified atom stereocenters. The van der Waals surface area contributed by atoms with Crippen molar-refractivity contribution < 1.29 is 18.7 Å². The molecule has 0 atom stereocenters. The fourth-order valence-electron chi connectivity index (χ4n) is 1.95. The van der Waals surface area contributed by atoms with Gasteiger partial charge in [-0.1, -0.05) is 15.9 Å². The fourth-order valence-corrected chi connectivity index (χ4v) is 2.28. The monoisotopic (exact) mass is 359 g/mol. The smallest absolute Gasteiger partial charge is 0.410 e. The van der Waals surface area contributed by atoms with Crippen molar-refractivity contribution in [2.75, 3.05) is 19.7 Å². The van der Waals surface area contributed by atoms with Gasteiger partial charge in [0.1, 0.15) is 5.60 Å². The second-order valence-corrected chi connectivity index (χ2v) is 7.05. The maximum Gasteiger partial charge on any atom is 0.410 e. The highest BCUT2D eigenvalue weighted by Crippen LogP contribution is 2.24. The van der Waals surface area contributed by atoms with Crippen LogP contribution in [-0.4, -0.2) is 36.3 Å². The van der Waals surface area contributed by atoms with Gasteiger partial charge in [0.15, 0.2) is 11.6 Å². The van der Waals surface area contributed by atoms with Crippen molar-refractivity contribution in [2.45, 2.75) is 26.4 Å². The van der Waals surface area contributed by atoms with E-state index in [4.69, 9.17) is 9.47 Å². The molecule has 1 heterocycles. The van der Waals surface area contributed by atoms with Gasteiger partial charge in [0.25, 0.3) is 0 Å². The molecule has 116 valence electrons. The Balaban J connectivity index is 1.75. The van der Waals surface area contributed by atoms with Crippen LogP contribution in [0.15, 0.2) is 22.7 Å². The number of hydrogen-bond donors (Lipinski definition) is 0. The number of nitrogens with zero attached hydrogens (tertiary/aromatic N) is 1. The first-order valence-electron chi connectivity index (χ1n) is 6.80. The minimum Gasteiger partial charge on any atom is -0.490 e. The lowest BCUT2D eigenvalue weighted by atomic mass is 10.0. The van der Waals surface area contributed by atoms with E-state index in [1.165, 1.54) is 6.07 Å². The summed E-state index contributed by atoms with van der Waals surface area (Å²) in [5.74, 6) is 0.0437. The van der Waals surface area contributed by atoms with Crippen molar-refractivity contribution in [1.82, 2.24) is 4.90 Å². The van der Waals surface area contributed by atoms with Crippen LogP contribution < -0.4 is 4.74 Å². The highest BCUT2D eigenvalue weighted by atomic mass is 79.9. The number of carbonyl (C=O) groups is 1. The summed E-state index contributed by atoms with van der Waals surface area (Å²) in [7, 11) is 0. The van der Waals surface area contributed by atoms with Crippen LogP contribution in [0.2, 0.25) is 0 Å². The highest BCUT2D eigenvalue weighted by molar-refractivity contribution is 9.10. The summed E-state index contributed by atoms with van der Waals surface area (Å²) < 4.78 is 25.0. The molecule has 0 bridgehead atoms. The quantitative estimate of drug-likeness (QED) is 0.822. The summed E-state index contributed by atoms with van der Waals surface area (Å²) in [6.07, 6.45) is -0.312. The van der Waals surface area contributed by atoms with Crippen molar-refractivity contribution in [3.8, 4) is 5.75 Å². The third-order valence-electron chi connectivity index (χ3n) is 2.98. The van der Waals surface area contributed by atoms with Crippen LogP contribution in [0, 0.1) is 11.7 Å². The molecule has 1 aromatic carbocycles. The van der Waals surface area contributed by atoms with Crippen LogP contribution >= 0.6 is 15.9 Å². The lowest BCUT2D eigenvalue weighted by Gasteiger charge is -2.39. The summed E-state index contributed by atoms with van der Waals surface area (Å²) in [6, 6.07) is 4.68. The van der Waals surface area contributed by atoms with Crippen molar-refractivity contribution in [2.24, 2.45) is 5.92 Å². The molecule has 0 spiro atoms. The van der Waals surface area contributed by atoms with E-state index in [0.717, 1.165) is 0 Å². The molecule has 1 saturated heterocycles. The van der Waals surface area contributed by atoms with E-state index >= 15 is 0 Å². The van der Waals surface area contributed by atoms with E-state index in [1.54, 1.807) is 17.0 Å².